The normalized spacial score (nSPS) is 11.2. The van der Waals surface area contributed by atoms with E-state index in [-0.39, 0.29) is 5.02 Å². The van der Waals surface area contributed by atoms with Crippen LogP contribution < -0.4 is 0 Å². The third-order valence-corrected chi connectivity index (χ3v) is 3.28. The van der Waals surface area contributed by atoms with Gasteiger partial charge in [-0.3, -0.25) is 0 Å². The molecule has 96 valence electrons. The van der Waals surface area contributed by atoms with Crippen molar-refractivity contribution in [1.29, 1.82) is 0 Å². The molecule has 0 aliphatic heterocycles. The van der Waals surface area contributed by atoms with Crippen molar-refractivity contribution in [2.45, 2.75) is 13.8 Å². The maximum Gasteiger partial charge on any atom is 0.227 e. The number of nitrogens with zero attached hydrogens (tertiary/aromatic N) is 1. The van der Waals surface area contributed by atoms with Gasteiger partial charge in [-0.15, -0.1) is 0 Å². The van der Waals surface area contributed by atoms with Gasteiger partial charge in [-0.05, 0) is 49.2 Å². The van der Waals surface area contributed by atoms with E-state index in [4.69, 9.17) is 16.0 Å². The summed E-state index contributed by atoms with van der Waals surface area (Å²) in [7, 11) is 0. The molecule has 0 saturated carbocycles. The summed E-state index contributed by atoms with van der Waals surface area (Å²) in [5.74, 6) is -0.000784. The number of hydrogen-bond donors (Lipinski definition) is 0. The second-order valence-corrected chi connectivity index (χ2v) is 4.99. The van der Waals surface area contributed by atoms with E-state index >= 15 is 0 Å². The van der Waals surface area contributed by atoms with Gasteiger partial charge in [0.1, 0.15) is 11.3 Å². The monoisotopic (exact) mass is 275 g/mol. The van der Waals surface area contributed by atoms with Gasteiger partial charge in [0.15, 0.2) is 5.58 Å². The van der Waals surface area contributed by atoms with Crippen LogP contribution >= 0.6 is 11.6 Å². The van der Waals surface area contributed by atoms with Crippen LogP contribution in [0.15, 0.2) is 34.7 Å². The van der Waals surface area contributed by atoms with E-state index < -0.39 is 5.82 Å². The fourth-order valence-electron chi connectivity index (χ4n) is 2.13. The maximum absolute atomic E-state index is 13.2. The van der Waals surface area contributed by atoms with Gasteiger partial charge in [0.2, 0.25) is 5.89 Å². The molecule has 0 fully saturated rings. The topological polar surface area (TPSA) is 26.0 Å². The van der Waals surface area contributed by atoms with E-state index in [0.29, 0.717) is 11.5 Å². The summed E-state index contributed by atoms with van der Waals surface area (Å²) in [5.41, 5.74) is 4.37. The maximum atomic E-state index is 13.2. The zero-order valence-electron chi connectivity index (χ0n) is 10.5. The van der Waals surface area contributed by atoms with Crippen molar-refractivity contribution in [1.82, 2.24) is 4.98 Å². The number of benzene rings is 2. The van der Waals surface area contributed by atoms with Crippen molar-refractivity contribution in [3.8, 4) is 11.5 Å². The quantitative estimate of drug-likeness (QED) is 0.631. The van der Waals surface area contributed by atoms with Crippen LogP contribution in [0.25, 0.3) is 22.6 Å². The van der Waals surface area contributed by atoms with Gasteiger partial charge in [-0.2, -0.15) is 0 Å². The lowest BCUT2D eigenvalue weighted by Gasteiger charge is -1.97. The fourth-order valence-corrected chi connectivity index (χ4v) is 2.31. The Morgan fingerprint density at radius 1 is 1.16 bits per heavy atom. The lowest BCUT2D eigenvalue weighted by molar-refractivity contribution is 0.614. The lowest BCUT2D eigenvalue weighted by Crippen LogP contribution is -1.81. The van der Waals surface area contributed by atoms with E-state index in [0.717, 1.165) is 22.2 Å². The first-order valence-electron chi connectivity index (χ1n) is 5.88. The smallest absolute Gasteiger partial charge is 0.227 e. The van der Waals surface area contributed by atoms with Crippen LogP contribution in [0.2, 0.25) is 5.02 Å². The molecule has 0 amide bonds. The third-order valence-electron chi connectivity index (χ3n) is 2.99. The highest BCUT2D eigenvalue weighted by Crippen LogP contribution is 2.29. The van der Waals surface area contributed by atoms with Gasteiger partial charge in [0, 0.05) is 5.56 Å². The number of oxazole rings is 1. The molecule has 1 heterocycles. The highest BCUT2D eigenvalue weighted by Gasteiger charge is 2.12. The molecule has 1 aromatic heterocycles. The molecular weight excluding hydrogens is 265 g/mol. The summed E-state index contributed by atoms with van der Waals surface area (Å²) in [6.07, 6.45) is 0. The molecule has 2 aromatic carbocycles. The Balaban J connectivity index is 2.20. The van der Waals surface area contributed by atoms with Gasteiger partial charge in [0.05, 0.1) is 5.02 Å². The summed E-state index contributed by atoms with van der Waals surface area (Å²) in [4.78, 5) is 4.43. The zero-order valence-corrected chi connectivity index (χ0v) is 11.3. The Hall–Kier alpha value is -1.87. The van der Waals surface area contributed by atoms with Crippen LogP contribution in [0, 0.1) is 19.7 Å². The average molecular weight is 276 g/mol. The summed E-state index contributed by atoms with van der Waals surface area (Å²) in [6.45, 7) is 3.98. The lowest BCUT2D eigenvalue weighted by atomic mass is 10.1. The van der Waals surface area contributed by atoms with E-state index in [1.807, 2.05) is 26.0 Å². The van der Waals surface area contributed by atoms with Crippen molar-refractivity contribution >= 4 is 22.7 Å². The molecule has 2 nitrogen and oxygen atoms in total. The zero-order chi connectivity index (χ0) is 13.6. The number of aromatic nitrogens is 1. The first kappa shape index (κ1) is 12.2. The molecule has 0 radical (unpaired) electrons. The van der Waals surface area contributed by atoms with E-state index in [2.05, 4.69) is 4.98 Å². The SMILES string of the molecule is Cc1cc(C)c2oc(-c3ccc(F)c(Cl)c3)nc2c1. The van der Waals surface area contributed by atoms with Crippen molar-refractivity contribution in [2.75, 3.05) is 0 Å². The fraction of sp³-hybridized carbons (Fsp3) is 0.133. The van der Waals surface area contributed by atoms with Crippen molar-refractivity contribution in [3.63, 3.8) is 0 Å². The first-order chi connectivity index (χ1) is 9.04. The Kier molecular flexibility index (Phi) is 2.79. The number of halogens is 2. The molecule has 3 rings (SSSR count). The molecular formula is C15H11ClFNO. The number of aryl methyl sites for hydroxylation is 2. The molecule has 0 bridgehead atoms. The van der Waals surface area contributed by atoms with Gasteiger partial charge >= 0.3 is 0 Å². The van der Waals surface area contributed by atoms with Crippen molar-refractivity contribution in [3.05, 3.63) is 52.3 Å². The molecule has 0 spiro atoms. The summed E-state index contributed by atoms with van der Waals surface area (Å²) < 4.78 is 18.9. The molecule has 3 aromatic rings. The summed E-state index contributed by atoms with van der Waals surface area (Å²) >= 11 is 5.77. The van der Waals surface area contributed by atoms with Crippen LogP contribution in [0.3, 0.4) is 0 Å². The summed E-state index contributed by atoms with van der Waals surface area (Å²) in [5, 5.41) is 0.0626. The van der Waals surface area contributed by atoms with Gasteiger partial charge in [-0.25, -0.2) is 9.37 Å². The van der Waals surface area contributed by atoms with Crippen LogP contribution in [0.5, 0.6) is 0 Å². The number of hydrogen-bond acceptors (Lipinski definition) is 2. The molecule has 0 aliphatic carbocycles. The Morgan fingerprint density at radius 2 is 1.95 bits per heavy atom. The van der Waals surface area contributed by atoms with Crippen LogP contribution in [-0.4, -0.2) is 4.98 Å². The standard InChI is InChI=1S/C15H11ClFNO/c1-8-5-9(2)14-13(6-8)18-15(19-14)10-3-4-12(17)11(16)7-10/h3-7H,1-2H3. The molecule has 0 N–H and O–H groups in total. The largest absolute Gasteiger partial charge is 0.436 e. The molecule has 19 heavy (non-hydrogen) atoms. The van der Waals surface area contributed by atoms with E-state index in [9.17, 15) is 4.39 Å². The highest BCUT2D eigenvalue weighted by atomic mass is 35.5. The molecule has 0 aliphatic rings. The third kappa shape index (κ3) is 2.10. The molecule has 0 unspecified atom stereocenters. The Labute approximate surface area is 114 Å². The van der Waals surface area contributed by atoms with Gasteiger partial charge < -0.3 is 4.42 Å². The Morgan fingerprint density at radius 3 is 2.68 bits per heavy atom. The summed E-state index contributed by atoms with van der Waals surface area (Å²) in [6, 6.07) is 8.43. The number of fused-ring (bicyclic) bond motifs is 1. The first-order valence-corrected chi connectivity index (χ1v) is 6.25. The minimum absolute atomic E-state index is 0.0626. The van der Waals surface area contributed by atoms with E-state index in [1.54, 1.807) is 6.07 Å². The predicted molar refractivity (Wildman–Crippen MR) is 73.9 cm³/mol. The van der Waals surface area contributed by atoms with Crippen LogP contribution in [0.4, 0.5) is 4.39 Å². The van der Waals surface area contributed by atoms with Gasteiger partial charge in [0.25, 0.3) is 0 Å². The van der Waals surface area contributed by atoms with E-state index in [1.165, 1.54) is 12.1 Å². The molecule has 4 heteroatoms. The van der Waals surface area contributed by atoms with Gasteiger partial charge in [-0.1, -0.05) is 17.7 Å². The predicted octanol–water partition coefficient (Wildman–Crippen LogP) is 4.90. The van der Waals surface area contributed by atoms with Crippen LogP contribution in [0.1, 0.15) is 11.1 Å². The number of rotatable bonds is 1. The highest BCUT2D eigenvalue weighted by molar-refractivity contribution is 6.31. The van der Waals surface area contributed by atoms with Crippen LogP contribution in [-0.2, 0) is 0 Å². The molecule has 0 saturated heterocycles. The molecule has 0 atom stereocenters. The van der Waals surface area contributed by atoms with Crippen molar-refractivity contribution < 1.29 is 8.81 Å². The minimum Gasteiger partial charge on any atom is -0.436 e. The second-order valence-electron chi connectivity index (χ2n) is 4.58. The minimum atomic E-state index is -0.450. The second kappa shape index (κ2) is 4.35. The average Bonchev–Trinajstić information content (AvgIpc) is 2.76. The Bertz CT molecular complexity index is 779. The van der Waals surface area contributed by atoms with Crippen molar-refractivity contribution in [2.24, 2.45) is 0 Å².